The van der Waals surface area contributed by atoms with E-state index in [1.165, 1.54) is 19.3 Å². The zero-order chi connectivity index (χ0) is 12.5. The normalized spacial score (nSPS) is 10.2. The Morgan fingerprint density at radius 3 is 2.82 bits per heavy atom. The maximum absolute atomic E-state index is 11.3. The van der Waals surface area contributed by atoms with E-state index in [1.807, 2.05) is 12.1 Å². The number of unbranched alkanes of at least 4 members (excludes halogenated alkanes) is 3. The SMILES string of the molecule is CCCCCCNc1cccc(C(=O)CO)c1. The molecular weight excluding hydrogens is 214 g/mol. The van der Waals surface area contributed by atoms with Crippen molar-refractivity contribution >= 4 is 11.5 Å². The summed E-state index contributed by atoms with van der Waals surface area (Å²) in [5.74, 6) is -0.236. The lowest BCUT2D eigenvalue weighted by Crippen LogP contribution is -2.06. The van der Waals surface area contributed by atoms with Gasteiger partial charge in [0.2, 0.25) is 0 Å². The van der Waals surface area contributed by atoms with Gasteiger partial charge < -0.3 is 10.4 Å². The molecule has 0 fully saturated rings. The predicted octanol–water partition coefficient (Wildman–Crippen LogP) is 2.85. The van der Waals surface area contributed by atoms with Crippen LogP contribution in [0.25, 0.3) is 0 Å². The van der Waals surface area contributed by atoms with Crippen LogP contribution in [0.1, 0.15) is 43.0 Å². The number of aliphatic hydroxyl groups excluding tert-OH is 1. The average molecular weight is 235 g/mol. The van der Waals surface area contributed by atoms with Crippen LogP contribution in [0.4, 0.5) is 5.69 Å². The lowest BCUT2D eigenvalue weighted by atomic mass is 10.1. The molecule has 17 heavy (non-hydrogen) atoms. The summed E-state index contributed by atoms with van der Waals surface area (Å²) >= 11 is 0. The summed E-state index contributed by atoms with van der Waals surface area (Å²) in [4.78, 5) is 11.3. The highest BCUT2D eigenvalue weighted by molar-refractivity contribution is 5.97. The maximum Gasteiger partial charge on any atom is 0.188 e. The van der Waals surface area contributed by atoms with Crippen LogP contribution in [-0.4, -0.2) is 24.0 Å². The smallest absolute Gasteiger partial charge is 0.188 e. The standard InChI is InChI=1S/C14H21NO2/c1-2-3-4-5-9-15-13-8-6-7-12(10-13)14(17)11-16/h6-8,10,15-16H,2-5,9,11H2,1H3. The number of rotatable bonds is 8. The minimum atomic E-state index is -0.431. The Balaban J connectivity index is 2.40. The fraction of sp³-hybridized carbons (Fsp3) is 0.500. The Bertz CT molecular complexity index is 350. The molecule has 0 aliphatic rings. The third kappa shape index (κ3) is 5.00. The molecule has 0 aliphatic carbocycles. The highest BCUT2D eigenvalue weighted by Gasteiger charge is 2.03. The molecule has 2 N–H and O–H groups in total. The Labute approximate surface area is 103 Å². The lowest BCUT2D eigenvalue weighted by molar-refractivity contribution is 0.0904. The van der Waals surface area contributed by atoms with Crippen molar-refractivity contribution in [1.82, 2.24) is 0 Å². The molecule has 0 spiro atoms. The molecule has 3 nitrogen and oxygen atoms in total. The summed E-state index contributed by atoms with van der Waals surface area (Å²) < 4.78 is 0. The van der Waals surface area contributed by atoms with E-state index in [1.54, 1.807) is 12.1 Å². The van der Waals surface area contributed by atoms with Crippen LogP contribution >= 0.6 is 0 Å². The number of carbonyl (C=O) groups excluding carboxylic acids is 1. The fourth-order valence-corrected chi connectivity index (χ4v) is 1.68. The van der Waals surface area contributed by atoms with Gasteiger partial charge in [0.1, 0.15) is 6.61 Å². The number of ketones is 1. The number of hydrogen-bond acceptors (Lipinski definition) is 3. The maximum atomic E-state index is 11.3. The van der Waals surface area contributed by atoms with E-state index in [4.69, 9.17) is 5.11 Å². The van der Waals surface area contributed by atoms with Crippen molar-refractivity contribution in [2.45, 2.75) is 32.6 Å². The van der Waals surface area contributed by atoms with Gasteiger partial charge in [-0.1, -0.05) is 38.3 Å². The van der Waals surface area contributed by atoms with Crippen LogP contribution in [0.2, 0.25) is 0 Å². The van der Waals surface area contributed by atoms with Gasteiger partial charge in [0.15, 0.2) is 5.78 Å². The van der Waals surface area contributed by atoms with E-state index in [0.717, 1.165) is 18.7 Å². The van der Waals surface area contributed by atoms with Crippen molar-refractivity contribution in [1.29, 1.82) is 0 Å². The van der Waals surface area contributed by atoms with E-state index in [-0.39, 0.29) is 5.78 Å². The van der Waals surface area contributed by atoms with Crippen molar-refractivity contribution in [3.8, 4) is 0 Å². The molecule has 1 rings (SSSR count). The van der Waals surface area contributed by atoms with Crippen LogP contribution < -0.4 is 5.32 Å². The molecule has 3 heteroatoms. The van der Waals surface area contributed by atoms with E-state index < -0.39 is 6.61 Å². The first-order valence-electron chi connectivity index (χ1n) is 6.26. The first-order valence-corrected chi connectivity index (χ1v) is 6.26. The largest absolute Gasteiger partial charge is 0.388 e. The monoisotopic (exact) mass is 235 g/mol. The lowest BCUT2D eigenvalue weighted by Gasteiger charge is -2.07. The summed E-state index contributed by atoms with van der Waals surface area (Å²) in [5.41, 5.74) is 1.51. The van der Waals surface area contributed by atoms with Gasteiger partial charge in [-0.2, -0.15) is 0 Å². The number of anilines is 1. The average Bonchev–Trinajstić information content (AvgIpc) is 2.38. The molecule has 0 bridgehead atoms. The quantitative estimate of drug-likeness (QED) is 0.538. The van der Waals surface area contributed by atoms with Crippen molar-refractivity contribution in [2.24, 2.45) is 0 Å². The van der Waals surface area contributed by atoms with E-state index in [0.29, 0.717) is 5.56 Å². The van der Waals surface area contributed by atoms with E-state index in [2.05, 4.69) is 12.2 Å². The van der Waals surface area contributed by atoms with Gasteiger partial charge in [0.05, 0.1) is 0 Å². The first-order chi connectivity index (χ1) is 8.27. The molecule has 0 atom stereocenters. The molecule has 0 aromatic heterocycles. The minimum Gasteiger partial charge on any atom is -0.388 e. The van der Waals surface area contributed by atoms with Gasteiger partial charge in [-0.05, 0) is 18.6 Å². The van der Waals surface area contributed by atoms with Crippen LogP contribution in [0.5, 0.6) is 0 Å². The zero-order valence-corrected chi connectivity index (χ0v) is 10.4. The molecule has 94 valence electrons. The second-order valence-electron chi connectivity index (χ2n) is 4.15. The van der Waals surface area contributed by atoms with Gasteiger partial charge >= 0.3 is 0 Å². The van der Waals surface area contributed by atoms with Gasteiger partial charge in [-0.15, -0.1) is 0 Å². The van der Waals surface area contributed by atoms with Crippen molar-refractivity contribution < 1.29 is 9.90 Å². The number of benzene rings is 1. The molecule has 0 saturated heterocycles. The Kier molecular flexibility index (Phi) is 6.33. The van der Waals surface area contributed by atoms with Gasteiger partial charge in [0, 0.05) is 17.8 Å². The van der Waals surface area contributed by atoms with Crippen LogP contribution in [-0.2, 0) is 0 Å². The Morgan fingerprint density at radius 2 is 2.12 bits per heavy atom. The summed E-state index contributed by atoms with van der Waals surface area (Å²) in [6.07, 6.45) is 4.88. The second kappa shape index (κ2) is 7.85. The number of aliphatic hydroxyl groups is 1. The molecular formula is C14H21NO2. The van der Waals surface area contributed by atoms with Gasteiger partial charge in [0.25, 0.3) is 0 Å². The zero-order valence-electron chi connectivity index (χ0n) is 10.4. The number of nitrogens with one attached hydrogen (secondary N) is 1. The summed E-state index contributed by atoms with van der Waals surface area (Å²) in [7, 11) is 0. The summed E-state index contributed by atoms with van der Waals surface area (Å²) in [6, 6.07) is 7.28. The molecule has 0 amide bonds. The first kappa shape index (κ1) is 13.7. The summed E-state index contributed by atoms with van der Waals surface area (Å²) in [5, 5.41) is 12.1. The van der Waals surface area contributed by atoms with Gasteiger partial charge in [-0.25, -0.2) is 0 Å². The minimum absolute atomic E-state index is 0.236. The molecule has 0 aliphatic heterocycles. The highest BCUT2D eigenvalue weighted by atomic mass is 16.3. The molecule has 0 radical (unpaired) electrons. The van der Waals surface area contributed by atoms with Crippen molar-refractivity contribution in [3.05, 3.63) is 29.8 Å². The number of carbonyl (C=O) groups is 1. The second-order valence-corrected chi connectivity index (χ2v) is 4.15. The third-order valence-electron chi connectivity index (χ3n) is 2.69. The van der Waals surface area contributed by atoms with Crippen LogP contribution in [0.3, 0.4) is 0 Å². The Hall–Kier alpha value is -1.35. The van der Waals surface area contributed by atoms with E-state index in [9.17, 15) is 4.79 Å². The molecule has 0 heterocycles. The third-order valence-corrected chi connectivity index (χ3v) is 2.69. The van der Waals surface area contributed by atoms with E-state index >= 15 is 0 Å². The topological polar surface area (TPSA) is 49.3 Å². The van der Waals surface area contributed by atoms with Crippen LogP contribution in [0, 0.1) is 0 Å². The molecule has 1 aromatic carbocycles. The molecule has 0 unspecified atom stereocenters. The number of Topliss-reactive ketones (excluding diaryl/α,β-unsaturated/α-hetero) is 1. The predicted molar refractivity (Wildman–Crippen MR) is 70.5 cm³/mol. The molecule has 1 aromatic rings. The number of hydrogen-bond donors (Lipinski definition) is 2. The van der Waals surface area contributed by atoms with Crippen LogP contribution in [0.15, 0.2) is 24.3 Å². The fourth-order valence-electron chi connectivity index (χ4n) is 1.68. The highest BCUT2D eigenvalue weighted by Crippen LogP contribution is 2.11. The molecule has 0 saturated carbocycles. The van der Waals surface area contributed by atoms with Gasteiger partial charge in [-0.3, -0.25) is 4.79 Å². The summed E-state index contributed by atoms with van der Waals surface area (Å²) in [6.45, 7) is 2.69. The Morgan fingerprint density at radius 1 is 1.29 bits per heavy atom. The van der Waals surface area contributed by atoms with Crippen molar-refractivity contribution in [2.75, 3.05) is 18.5 Å². The van der Waals surface area contributed by atoms with Crippen molar-refractivity contribution in [3.63, 3.8) is 0 Å².